The Kier molecular flexibility index (Phi) is 6.74. The van der Waals surface area contributed by atoms with Crippen LogP contribution in [0.2, 0.25) is 0 Å². The van der Waals surface area contributed by atoms with Gasteiger partial charge in [-0.05, 0) is 50.6 Å². The normalized spacial score (nSPS) is 17.1. The first-order valence-corrected chi connectivity index (χ1v) is 9.78. The summed E-state index contributed by atoms with van der Waals surface area (Å²) in [6.07, 6.45) is 1.25. The van der Waals surface area contributed by atoms with Gasteiger partial charge < -0.3 is 20.1 Å². The number of aryl methyl sites for hydroxylation is 1. The smallest absolute Gasteiger partial charge is 0.249 e. The van der Waals surface area contributed by atoms with Crippen LogP contribution in [0.15, 0.2) is 53.1 Å². The summed E-state index contributed by atoms with van der Waals surface area (Å²) in [5.74, 6) is -0.331. The Bertz CT molecular complexity index is 1050. The van der Waals surface area contributed by atoms with Gasteiger partial charge in [-0.25, -0.2) is 0 Å². The summed E-state index contributed by atoms with van der Waals surface area (Å²) in [6, 6.07) is 14.5. The molecule has 30 heavy (non-hydrogen) atoms. The van der Waals surface area contributed by atoms with Crippen molar-refractivity contribution in [1.29, 1.82) is 0 Å². The first-order chi connectivity index (χ1) is 14.1. The van der Waals surface area contributed by atoms with Gasteiger partial charge in [-0.15, -0.1) is 12.4 Å². The maximum atomic E-state index is 13.4. The van der Waals surface area contributed by atoms with Gasteiger partial charge in [0.1, 0.15) is 11.7 Å². The number of nitrogens with zero attached hydrogens (tertiary/aromatic N) is 2. The Labute approximate surface area is 181 Å². The maximum Gasteiger partial charge on any atom is 0.249 e. The van der Waals surface area contributed by atoms with Gasteiger partial charge >= 0.3 is 0 Å². The third-order valence-corrected chi connectivity index (χ3v) is 5.45. The third-order valence-electron chi connectivity index (χ3n) is 5.45. The van der Waals surface area contributed by atoms with Crippen molar-refractivity contribution in [3.8, 4) is 0 Å². The van der Waals surface area contributed by atoms with Crippen molar-refractivity contribution < 1.29 is 14.1 Å². The Balaban J connectivity index is 0.00000256. The molecular formula is C22H25ClN4O3. The topological polar surface area (TPSA) is 87.5 Å². The molecule has 3 aromatic rings. The Morgan fingerprint density at radius 2 is 1.97 bits per heavy atom. The minimum absolute atomic E-state index is 0. The number of aromatic nitrogens is 1. The first kappa shape index (κ1) is 21.8. The summed E-state index contributed by atoms with van der Waals surface area (Å²) in [5.41, 5.74) is 3.31. The lowest BCUT2D eigenvalue weighted by atomic mass is 10.1. The lowest BCUT2D eigenvalue weighted by molar-refractivity contribution is -0.128. The molecule has 1 aliphatic rings. The van der Waals surface area contributed by atoms with E-state index in [0.29, 0.717) is 24.1 Å². The number of anilines is 1. The molecular weight excluding hydrogens is 404 g/mol. The minimum Gasteiger partial charge on any atom is -0.356 e. The van der Waals surface area contributed by atoms with Crippen LogP contribution < -0.4 is 15.5 Å². The molecule has 1 aromatic heterocycles. The second-order valence-corrected chi connectivity index (χ2v) is 7.29. The van der Waals surface area contributed by atoms with Gasteiger partial charge in [-0.3, -0.25) is 9.59 Å². The molecule has 2 aromatic carbocycles. The number of hydrogen-bond acceptors (Lipinski definition) is 5. The highest BCUT2D eigenvalue weighted by Gasteiger charge is 2.32. The number of para-hydroxylation sites is 2. The fourth-order valence-electron chi connectivity index (χ4n) is 3.64. The number of carbonyl (C=O) groups excluding carboxylic acids is 2. The van der Waals surface area contributed by atoms with Crippen LogP contribution in [-0.2, 0) is 22.6 Å². The lowest BCUT2D eigenvalue weighted by Crippen LogP contribution is -2.52. The minimum atomic E-state index is -0.594. The fraction of sp³-hybridized carbons (Fsp3) is 0.318. The molecule has 0 radical (unpaired) electrons. The number of rotatable bonds is 5. The van der Waals surface area contributed by atoms with Gasteiger partial charge in [-0.2, -0.15) is 0 Å². The van der Waals surface area contributed by atoms with E-state index in [9.17, 15) is 9.59 Å². The second kappa shape index (κ2) is 9.28. The predicted molar refractivity (Wildman–Crippen MR) is 118 cm³/mol. The van der Waals surface area contributed by atoms with E-state index in [1.165, 1.54) is 0 Å². The van der Waals surface area contributed by atoms with Crippen molar-refractivity contribution in [3.05, 3.63) is 59.8 Å². The Hall–Kier alpha value is -2.90. The summed E-state index contributed by atoms with van der Waals surface area (Å²) in [7, 11) is 1.72. The van der Waals surface area contributed by atoms with Gasteiger partial charge in [0, 0.05) is 11.1 Å². The molecule has 0 saturated carbocycles. The van der Waals surface area contributed by atoms with Crippen LogP contribution in [0, 0.1) is 0 Å². The monoisotopic (exact) mass is 428 g/mol. The summed E-state index contributed by atoms with van der Waals surface area (Å²) in [4.78, 5) is 27.6. The highest BCUT2D eigenvalue weighted by molar-refractivity contribution is 6.01. The molecule has 1 aliphatic heterocycles. The molecule has 2 heterocycles. The molecule has 2 amide bonds. The standard InChI is InChI=1S/C22H24N4O3.ClH/c1-14(23-2)21(27)24-17-12-11-15-7-3-5-9-19(15)26(22(17)28)13-18-16-8-4-6-10-20(16)29-25-18;/h3-10,14,17,23H,11-13H2,1-2H3,(H,24,27);1H. The van der Waals surface area contributed by atoms with E-state index >= 15 is 0 Å². The van der Waals surface area contributed by atoms with Crippen LogP contribution in [0.5, 0.6) is 0 Å². The zero-order valence-electron chi connectivity index (χ0n) is 16.9. The first-order valence-electron chi connectivity index (χ1n) is 9.78. The molecule has 0 bridgehead atoms. The predicted octanol–water partition coefficient (Wildman–Crippen LogP) is 2.82. The quantitative estimate of drug-likeness (QED) is 0.652. The molecule has 2 atom stereocenters. The SMILES string of the molecule is CNC(C)C(=O)NC1CCc2ccccc2N(Cc2noc3ccccc23)C1=O.Cl. The van der Waals surface area contributed by atoms with Crippen molar-refractivity contribution in [2.24, 2.45) is 0 Å². The molecule has 158 valence electrons. The highest BCUT2D eigenvalue weighted by atomic mass is 35.5. The number of amides is 2. The van der Waals surface area contributed by atoms with Gasteiger partial charge in [-0.1, -0.05) is 35.5 Å². The van der Waals surface area contributed by atoms with Gasteiger partial charge in [0.15, 0.2) is 5.58 Å². The molecule has 0 spiro atoms. The molecule has 0 fully saturated rings. The van der Waals surface area contributed by atoms with E-state index in [2.05, 4.69) is 15.8 Å². The van der Waals surface area contributed by atoms with Crippen molar-refractivity contribution in [3.63, 3.8) is 0 Å². The molecule has 7 nitrogen and oxygen atoms in total. The van der Waals surface area contributed by atoms with Gasteiger partial charge in [0.2, 0.25) is 11.8 Å². The average Bonchev–Trinajstić information content (AvgIpc) is 3.11. The van der Waals surface area contributed by atoms with Crippen molar-refractivity contribution >= 4 is 40.9 Å². The van der Waals surface area contributed by atoms with Crippen LogP contribution in [0.25, 0.3) is 11.0 Å². The molecule has 2 unspecified atom stereocenters. The van der Waals surface area contributed by atoms with E-state index in [4.69, 9.17) is 4.52 Å². The molecule has 0 aliphatic carbocycles. The maximum absolute atomic E-state index is 13.4. The van der Waals surface area contributed by atoms with Gasteiger partial charge in [0.25, 0.3) is 0 Å². The van der Waals surface area contributed by atoms with E-state index < -0.39 is 6.04 Å². The summed E-state index contributed by atoms with van der Waals surface area (Å²) < 4.78 is 5.42. The molecule has 2 N–H and O–H groups in total. The Morgan fingerprint density at radius 3 is 2.77 bits per heavy atom. The summed E-state index contributed by atoms with van der Waals surface area (Å²) >= 11 is 0. The molecule has 8 heteroatoms. The number of likely N-dealkylation sites (N-methyl/N-ethyl adjacent to an activating group) is 1. The summed E-state index contributed by atoms with van der Waals surface area (Å²) in [6.45, 7) is 2.05. The van der Waals surface area contributed by atoms with Gasteiger partial charge in [0.05, 0.1) is 12.6 Å². The number of hydrogen-bond donors (Lipinski definition) is 2. The van der Waals surface area contributed by atoms with Crippen molar-refractivity contribution in [2.75, 3.05) is 11.9 Å². The largest absolute Gasteiger partial charge is 0.356 e. The van der Waals surface area contributed by atoms with Crippen molar-refractivity contribution in [2.45, 2.75) is 38.4 Å². The average molecular weight is 429 g/mol. The third kappa shape index (κ3) is 4.17. The van der Waals surface area contributed by atoms with Crippen LogP contribution >= 0.6 is 12.4 Å². The molecule has 4 rings (SSSR count). The van der Waals surface area contributed by atoms with Crippen LogP contribution in [-0.4, -0.2) is 36.1 Å². The number of benzene rings is 2. The van der Waals surface area contributed by atoms with E-state index in [1.54, 1.807) is 18.9 Å². The number of carbonyl (C=O) groups is 2. The van der Waals surface area contributed by atoms with Crippen LogP contribution in [0.4, 0.5) is 5.69 Å². The second-order valence-electron chi connectivity index (χ2n) is 7.29. The zero-order valence-corrected chi connectivity index (χ0v) is 17.7. The summed E-state index contributed by atoms with van der Waals surface area (Å²) in [5, 5.41) is 10.9. The zero-order chi connectivity index (χ0) is 20.4. The van der Waals surface area contributed by atoms with Crippen molar-refractivity contribution in [1.82, 2.24) is 15.8 Å². The van der Waals surface area contributed by atoms with E-state index in [0.717, 1.165) is 16.6 Å². The Morgan fingerprint density at radius 1 is 1.23 bits per heavy atom. The fourth-order valence-corrected chi connectivity index (χ4v) is 3.64. The lowest BCUT2D eigenvalue weighted by Gasteiger charge is -2.26. The number of halogens is 1. The van der Waals surface area contributed by atoms with Crippen LogP contribution in [0.1, 0.15) is 24.6 Å². The number of nitrogens with one attached hydrogen (secondary N) is 2. The van der Waals surface area contributed by atoms with E-state index in [-0.39, 0.29) is 36.8 Å². The highest BCUT2D eigenvalue weighted by Crippen LogP contribution is 2.30. The van der Waals surface area contributed by atoms with Crippen LogP contribution in [0.3, 0.4) is 0 Å². The number of fused-ring (bicyclic) bond motifs is 2. The van der Waals surface area contributed by atoms with E-state index in [1.807, 2.05) is 48.5 Å². The molecule has 0 saturated heterocycles.